The smallest absolute Gasteiger partial charge is 0.293 e. The van der Waals surface area contributed by atoms with Gasteiger partial charge in [0, 0.05) is 23.1 Å². The van der Waals surface area contributed by atoms with Gasteiger partial charge in [-0.2, -0.15) is 0 Å². The molecule has 3 rings (SSSR count). The van der Waals surface area contributed by atoms with E-state index in [1.54, 1.807) is 19.1 Å². The summed E-state index contributed by atoms with van der Waals surface area (Å²) >= 11 is 4.98. The number of nitro benzene ring substituents is 1. The summed E-state index contributed by atoms with van der Waals surface area (Å²) in [4.78, 5) is 22.5. The third-order valence-electron chi connectivity index (χ3n) is 3.69. The van der Waals surface area contributed by atoms with E-state index < -0.39 is 16.6 Å². The first-order valence-corrected chi connectivity index (χ1v) is 7.82. The summed E-state index contributed by atoms with van der Waals surface area (Å²) < 4.78 is 19.3. The van der Waals surface area contributed by atoms with Crippen molar-refractivity contribution < 1.29 is 18.5 Å². The van der Waals surface area contributed by atoms with Crippen LogP contribution >= 0.6 is 12.2 Å². The van der Waals surface area contributed by atoms with Gasteiger partial charge < -0.3 is 9.73 Å². The molecule has 1 amide bonds. The van der Waals surface area contributed by atoms with E-state index in [0.717, 1.165) is 23.6 Å². The van der Waals surface area contributed by atoms with E-state index in [4.69, 9.17) is 16.6 Å². The van der Waals surface area contributed by atoms with E-state index in [-0.39, 0.29) is 22.2 Å². The van der Waals surface area contributed by atoms with Gasteiger partial charge in [-0.1, -0.05) is 18.2 Å². The quantitative estimate of drug-likeness (QED) is 0.410. The fraction of sp³-hybridized carbons (Fsp3) is 0.0588. The van der Waals surface area contributed by atoms with Gasteiger partial charge in [0.2, 0.25) is 0 Å². The van der Waals surface area contributed by atoms with Crippen molar-refractivity contribution in [2.75, 3.05) is 5.32 Å². The zero-order valence-corrected chi connectivity index (χ0v) is 14.2. The zero-order chi connectivity index (χ0) is 18.8. The minimum atomic E-state index is -0.743. The molecule has 132 valence electrons. The number of nitrogens with zero attached hydrogens (tertiary/aromatic N) is 1. The van der Waals surface area contributed by atoms with E-state index in [1.165, 1.54) is 0 Å². The maximum atomic E-state index is 13.8. The topological polar surface area (TPSA) is 97.4 Å². The second-order valence-electron chi connectivity index (χ2n) is 5.38. The van der Waals surface area contributed by atoms with E-state index in [0.29, 0.717) is 11.1 Å². The molecule has 0 bridgehead atoms. The van der Waals surface area contributed by atoms with Gasteiger partial charge in [-0.25, -0.2) is 4.39 Å². The zero-order valence-electron chi connectivity index (χ0n) is 13.4. The Hall–Kier alpha value is -3.33. The summed E-state index contributed by atoms with van der Waals surface area (Å²) in [5.41, 5.74) is 0.670. The molecule has 2 N–H and O–H groups in total. The number of fused-ring (bicyclic) bond motifs is 1. The number of rotatable bonds is 3. The van der Waals surface area contributed by atoms with Crippen molar-refractivity contribution in [3.8, 4) is 0 Å². The number of furan rings is 1. The number of non-ortho nitro benzene ring substituents is 1. The molecule has 0 aliphatic carbocycles. The van der Waals surface area contributed by atoms with Crippen LogP contribution in [0.15, 0.2) is 46.9 Å². The van der Waals surface area contributed by atoms with Crippen LogP contribution in [0.4, 0.5) is 15.8 Å². The molecule has 0 aliphatic rings. The number of hydrogen-bond acceptors (Lipinski definition) is 5. The van der Waals surface area contributed by atoms with Gasteiger partial charge in [-0.3, -0.25) is 20.2 Å². The lowest BCUT2D eigenvalue weighted by atomic mass is 10.1. The molecule has 0 fully saturated rings. The molecule has 0 atom stereocenters. The SMILES string of the molecule is Cc1c(C(=O)NC(=S)Nc2cc([N+](=O)[O-])ccc2F)oc2ccccc12. The number of nitro groups is 1. The lowest BCUT2D eigenvalue weighted by Gasteiger charge is -2.09. The predicted octanol–water partition coefficient (Wildman–Crippen LogP) is 3.92. The molecule has 9 heteroatoms. The van der Waals surface area contributed by atoms with Gasteiger partial charge in [-0.05, 0) is 31.3 Å². The molecule has 1 aromatic heterocycles. The normalized spacial score (nSPS) is 10.5. The van der Waals surface area contributed by atoms with Crippen LogP contribution in [0.1, 0.15) is 16.1 Å². The monoisotopic (exact) mass is 373 g/mol. The van der Waals surface area contributed by atoms with Crippen LogP contribution in [0.3, 0.4) is 0 Å². The summed E-state index contributed by atoms with van der Waals surface area (Å²) in [6.45, 7) is 1.73. The molecule has 0 saturated carbocycles. The van der Waals surface area contributed by atoms with E-state index in [1.807, 2.05) is 12.1 Å². The second-order valence-corrected chi connectivity index (χ2v) is 5.79. The number of carbonyl (C=O) groups is 1. The van der Waals surface area contributed by atoms with Gasteiger partial charge >= 0.3 is 0 Å². The molecule has 0 aliphatic heterocycles. The van der Waals surface area contributed by atoms with Crippen molar-refractivity contribution >= 4 is 45.6 Å². The molecule has 2 aromatic carbocycles. The Morgan fingerprint density at radius 1 is 1.27 bits per heavy atom. The van der Waals surface area contributed by atoms with Crippen LogP contribution in [0.5, 0.6) is 0 Å². The summed E-state index contributed by atoms with van der Waals surface area (Å²) in [5.74, 6) is -1.27. The Morgan fingerprint density at radius 2 is 2.00 bits per heavy atom. The number of benzene rings is 2. The highest BCUT2D eigenvalue weighted by Crippen LogP contribution is 2.25. The fourth-order valence-electron chi connectivity index (χ4n) is 2.43. The lowest BCUT2D eigenvalue weighted by Crippen LogP contribution is -2.34. The fourth-order valence-corrected chi connectivity index (χ4v) is 2.63. The second kappa shape index (κ2) is 6.89. The summed E-state index contributed by atoms with van der Waals surface area (Å²) in [7, 11) is 0. The van der Waals surface area contributed by atoms with E-state index in [9.17, 15) is 19.3 Å². The van der Waals surface area contributed by atoms with Crippen LogP contribution < -0.4 is 10.6 Å². The third kappa shape index (κ3) is 3.38. The number of carbonyl (C=O) groups excluding carboxylic acids is 1. The van der Waals surface area contributed by atoms with Crippen LogP contribution in [0.25, 0.3) is 11.0 Å². The Bertz CT molecular complexity index is 1050. The maximum Gasteiger partial charge on any atom is 0.293 e. The highest BCUT2D eigenvalue weighted by atomic mass is 32.1. The van der Waals surface area contributed by atoms with Crippen molar-refractivity contribution in [1.82, 2.24) is 5.32 Å². The number of anilines is 1. The molecule has 26 heavy (non-hydrogen) atoms. The number of aryl methyl sites for hydroxylation is 1. The number of para-hydroxylation sites is 1. The van der Waals surface area contributed by atoms with Crippen LogP contribution in [-0.4, -0.2) is 15.9 Å². The third-order valence-corrected chi connectivity index (χ3v) is 3.89. The largest absolute Gasteiger partial charge is 0.451 e. The molecule has 0 saturated heterocycles. The van der Waals surface area contributed by atoms with Gasteiger partial charge in [-0.15, -0.1) is 0 Å². The van der Waals surface area contributed by atoms with Gasteiger partial charge in [0.25, 0.3) is 11.6 Å². The first kappa shape index (κ1) is 17.5. The molecule has 3 aromatic rings. The minimum Gasteiger partial charge on any atom is -0.451 e. The highest BCUT2D eigenvalue weighted by Gasteiger charge is 2.19. The number of nitrogens with one attached hydrogen (secondary N) is 2. The Balaban J connectivity index is 1.77. The van der Waals surface area contributed by atoms with Crippen LogP contribution in [0.2, 0.25) is 0 Å². The first-order chi connectivity index (χ1) is 12.4. The van der Waals surface area contributed by atoms with Crippen molar-refractivity contribution in [1.29, 1.82) is 0 Å². The van der Waals surface area contributed by atoms with Crippen molar-refractivity contribution in [2.45, 2.75) is 6.92 Å². The number of hydrogen-bond donors (Lipinski definition) is 2. The van der Waals surface area contributed by atoms with Gasteiger partial charge in [0.05, 0.1) is 10.6 Å². The van der Waals surface area contributed by atoms with E-state index >= 15 is 0 Å². The Kier molecular flexibility index (Phi) is 4.63. The Morgan fingerprint density at radius 3 is 2.69 bits per heavy atom. The highest BCUT2D eigenvalue weighted by molar-refractivity contribution is 7.80. The van der Waals surface area contributed by atoms with E-state index in [2.05, 4.69) is 10.6 Å². The molecular weight excluding hydrogens is 361 g/mol. The number of amides is 1. The molecule has 0 radical (unpaired) electrons. The molecule has 1 heterocycles. The van der Waals surface area contributed by atoms with Crippen molar-refractivity contribution in [3.05, 3.63) is 69.7 Å². The van der Waals surface area contributed by atoms with Crippen LogP contribution in [0, 0.1) is 22.9 Å². The summed E-state index contributed by atoms with van der Waals surface area (Å²) in [6.07, 6.45) is 0. The Labute approximate surface area is 151 Å². The molecule has 0 spiro atoms. The lowest BCUT2D eigenvalue weighted by molar-refractivity contribution is -0.384. The number of thiocarbonyl (C=S) groups is 1. The molecular formula is C17H12FN3O4S. The van der Waals surface area contributed by atoms with Crippen molar-refractivity contribution in [2.24, 2.45) is 0 Å². The van der Waals surface area contributed by atoms with Gasteiger partial charge in [0.1, 0.15) is 11.4 Å². The standard InChI is InChI=1S/C17H12FN3O4S/c1-9-11-4-2-3-5-14(11)25-15(9)16(22)20-17(26)19-13-8-10(21(23)24)6-7-12(13)18/h2-8H,1H3,(H2,19,20,22,26). The summed E-state index contributed by atoms with van der Waals surface area (Å²) in [6, 6.07) is 10.1. The van der Waals surface area contributed by atoms with Crippen molar-refractivity contribution in [3.63, 3.8) is 0 Å². The average molecular weight is 373 g/mol. The molecule has 0 unspecified atom stereocenters. The predicted molar refractivity (Wildman–Crippen MR) is 97.7 cm³/mol. The molecule has 7 nitrogen and oxygen atoms in total. The van der Waals surface area contributed by atoms with Crippen LogP contribution in [-0.2, 0) is 0 Å². The summed E-state index contributed by atoms with van der Waals surface area (Å²) in [5, 5.41) is 16.2. The maximum absolute atomic E-state index is 13.8. The van der Waals surface area contributed by atoms with Gasteiger partial charge in [0.15, 0.2) is 10.9 Å². The number of halogens is 1. The average Bonchev–Trinajstić information content (AvgIpc) is 2.94. The minimum absolute atomic E-state index is 0.0786. The first-order valence-electron chi connectivity index (χ1n) is 7.41.